The molecule has 1 atom stereocenters. The van der Waals surface area contributed by atoms with E-state index in [-0.39, 0.29) is 6.61 Å². The molecule has 0 saturated carbocycles. The number of hydrogen-bond donors (Lipinski definition) is 1. The number of benzene rings is 1. The van der Waals surface area contributed by atoms with Crippen LogP contribution in [0.3, 0.4) is 0 Å². The van der Waals surface area contributed by atoms with Crippen LogP contribution >= 0.6 is 0 Å². The van der Waals surface area contributed by atoms with Crippen LogP contribution < -0.4 is 14.2 Å². The normalized spacial score (nSPS) is 11.0. The van der Waals surface area contributed by atoms with Crippen LogP contribution in [0.1, 0.15) is 25.5 Å². The van der Waals surface area contributed by atoms with E-state index in [0.717, 1.165) is 0 Å². The van der Waals surface area contributed by atoms with Gasteiger partial charge in [0.15, 0.2) is 11.5 Å². The molecule has 23 heavy (non-hydrogen) atoms. The van der Waals surface area contributed by atoms with Gasteiger partial charge < -0.3 is 24.1 Å². The quantitative estimate of drug-likeness (QED) is 0.475. The van der Waals surface area contributed by atoms with Gasteiger partial charge in [-0.1, -0.05) is 23.5 Å². The molecule has 0 aliphatic heterocycles. The highest BCUT2D eigenvalue weighted by Gasteiger charge is 2.16. The Morgan fingerprint density at radius 3 is 2.22 bits per heavy atom. The lowest BCUT2D eigenvalue weighted by molar-refractivity contribution is 0.197. The molecule has 0 amide bonds. The number of ether oxygens (including phenoxy) is 4. The highest BCUT2D eigenvalue weighted by molar-refractivity contribution is 5.54. The largest absolute Gasteiger partial charge is 0.493 e. The first-order valence-electron chi connectivity index (χ1n) is 7.21. The summed E-state index contributed by atoms with van der Waals surface area (Å²) in [6.07, 6.45) is 1.01. The number of hydrogen-bond acceptors (Lipinski definition) is 5. The van der Waals surface area contributed by atoms with Gasteiger partial charge >= 0.3 is 0 Å². The summed E-state index contributed by atoms with van der Waals surface area (Å²) in [7, 11) is 4.58. The molecular formula is C18H24O5. The summed E-state index contributed by atoms with van der Waals surface area (Å²) in [6, 6.07) is 3.34. The second kappa shape index (κ2) is 9.78. The van der Waals surface area contributed by atoms with Gasteiger partial charge in [-0.15, -0.1) is 0 Å². The molecule has 0 heterocycles. The maximum Gasteiger partial charge on any atom is 0.203 e. The predicted octanol–water partition coefficient (Wildman–Crippen LogP) is 2.73. The van der Waals surface area contributed by atoms with E-state index in [4.69, 9.17) is 18.9 Å². The van der Waals surface area contributed by atoms with Crippen molar-refractivity contribution in [3.05, 3.63) is 29.3 Å². The monoisotopic (exact) mass is 320 g/mol. The number of allylic oxidation sites excluding steroid dienone is 1. The van der Waals surface area contributed by atoms with Gasteiger partial charge in [-0.2, -0.15) is 0 Å². The third-order valence-electron chi connectivity index (χ3n) is 3.03. The predicted molar refractivity (Wildman–Crippen MR) is 89.1 cm³/mol. The zero-order valence-corrected chi connectivity index (χ0v) is 14.3. The minimum atomic E-state index is -0.962. The van der Waals surface area contributed by atoms with Gasteiger partial charge in [0.2, 0.25) is 5.75 Å². The lowest BCUT2D eigenvalue weighted by atomic mass is 10.1. The van der Waals surface area contributed by atoms with Crippen molar-refractivity contribution in [2.24, 2.45) is 0 Å². The van der Waals surface area contributed by atoms with E-state index >= 15 is 0 Å². The molecule has 0 bridgehead atoms. The van der Waals surface area contributed by atoms with Gasteiger partial charge in [0.25, 0.3) is 0 Å². The van der Waals surface area contributed by atoms with Gasteiger partial charge in [0, 0.05) is 5.56 Å². The second-order valence-electron chi connectivity index (χ2n) is 4.98. The molecule has 0 aromatic heterocycles. The first kappa shape index (κ1) is 18.9. The summed E-state index contributed by atoms with van der Waals surface area (Å²) in [5.41, 5.74) is 1.76. The van der Waals surface area contributed by atoms with Crippen molar-refractivity contribution in [1.82, 2.24) is 0 Å². The number of aliphatic hydroxyl groups excluding tert-OH is 1. The van der Waals surface area contributed by atoms with E-state index in [1.54, 1.807) is 12.1 Å². The SMILES string of the molecule is COc1cc(C(O)C#CCOCC=C(C)C)cc(OC)c1OC. The molecule has 0 saturated heterocycles. The lowest BCUT2D eigenvalue weighted by Gasteiger charge is -2.14. The molecule has 1 aromatic carbocycles. The van der Waals surface area contributed by atoms with Gasteiger partial charge in [-0.3, -0.25) is 0 Å². The Bertz CT molecular complexity index is 566. The van der Waals surface area contributed by atoms with Crippen molar-refractivity contribution < 1.29 is 24.1 Å². The fourth-order valence-corrected chi connectivity index (χ4v) is 1.82. The Morgan fingerprint density at radius 2 is 1.74 bits per heavy atom. The number of aliphatic hydroxyl groups is 1. The second-order valence-corrected chi connectivity index (χ2v) is 4.98. The molecule has 0 spiro atoms. The minimum Gasteiger partial charge on any atom is -0.493 e. The molecule has 5 nitrogen and oxygen atoms in total. The van der Waals surface area contributed by atoms with Crippen molar-refractivity contribution in [3.63, 3.8) is 0 Å². The van der Waals surface area contributed by atoms with Crippen molar-refractivity contribution in [1.29, 1.82) is 0 Å². The van der Waals surface area contributed by atoms with Crippen LogP contribution in [-0.4, -0.2) is 39.6 Å². The van der Waals surface area contributed by atoms with Gasteiger partial charge in [-0.25, -0.2) is 0 Å². The Labute approximate surface area is 137 Å². The summed E-state index contributed by atoms with van der Waals surface area (Å²) < 4.78 is 21.1. The summed E-state index contributed by atoms with van der Waals surface area (Å²) in [6.45, 7) is 4.77. The maximum atomic E-state index is 10.2. The van der Waals surface area contributed by atoms with E-state index in [1.165, 1.54) is 26.9 Å². The molecule has 0 aliphatic rings. The first-order chi connectivity index (χ1) is 11.0. The third kappa shape index (κ3) is 5.85. The highest BCUT2D eigenvalue weighted by atomic mass is 16.5. The third-order valence-corrected chi connectivity index (χ3v) is 3.03. The summed E-state index contributed by atoms with van der Waals surface area (Å²) in [5.74, 6) is 6.96. The van der Waals surface area contributed by atoms with E-state index in [9.17, 15) is 5.11 Å². The molecule has 1 N–H and O–H groups in total. The molecule has 126 valence electrons. The van der Waals surface area contributed by atoms with Crippen LogP contribution in [0.25, 0.3) is 0 Å². The van der Waals surface area contributed by atoms with E-state index in [2.05, 4.69) is 11.8 Å². The maximum absolute atomic E-state index is 10.2. The summed E-state index contributed by atoms with van der Waals surface area (Å²) >= 11 is 0. The van der Waals surface area contributed by atoms with E-state index < -0.39 is 6.10 Å². The molecule has 1 unspecified atom stereocenters. The van der Waals surface area contributed by atoms with Crippen molar-refractivity contribution in [2.45, 2.75) is 20.0 Å². The zero-order valence-electron chi connectivity index (χ0n) is 14.3. The molecule has 5 heteroatoms. The molecule has 0 radical (unpaired) electrons. The van der Waals surface area contributed by atoms with Crippen molar-refractivity contribution >= 4 is 0 Å². The van der Waals surface area contributed by atoms with Gasteiger partial charge in [-0.05, 0) is 26.0 Å². The molecule has 0 fully saturated rings. The van der Waals surface area contributed by atoms with Crippen LogP contribution in [-0.2, 0) is 4.74 Å². The van der Waals surface area contributed by atoms with Crippen LogP contribution in [0.4, 0.5) is 0 Å². The van der Waals surface area contributed by atoms with Crippen LogP contribution in [0, 0.1) is 11.8 Å². The van der Waals surface area contributed by atoms with Crippen molar-refractivity contribution in [3.8, 4) is 29.1 Å². The Hall–Kier alpha value is -2.16. The Kier molecular flexibility index (Phi) is 8.03. The fourth-order valence-electron chi connectivity index (χ4n) is 1.82. The average Bonchev–Trinajstić information content (AvgIpc) is 2.55. The topological polar surface area (TPSA) is 57.2 Å². The van der Waals surface area contributed by atoms with Gasteiger partial charge in [0.05, 0.1) is 27.9 Å². The molecule has 0 aliphatic carbocycles. The number of methoxy groups -OCH3 is 3. The van der Waals surface area contributed by atoms with Crippen LogP contribution in [0.5, 0.6) is 17.2 Å². The standard InChI is InChI=1S/C18H24O5/c1-13(2)8-10-23-9-6-7-15(19)14-11-16(20-3)18(22-5)17(12-14)21-4/h8,11-12,15,19H,9-10H2,1-5H3. The molecular weight excluding hydrogens is 296 g/mol. The van der Waals surface area contributed by atoms with Gasteiger partial charge in [0.1, 0.15) is 12.7 Å². The lowest BCUT2D eigenvalue weighted by Crippen LogP contribution is -2.00. The Balaban J connectivity index is 2.80. The fraction of sp³-hybridized carbons (Fsp3) is 0.444. The molecule has 1 rings (SSSR count). The smallest absolute Gasteiger partial charge is 0.203 e. The summed E-state index contributed by atoms with van der Waals surface area (Å²) in [4.78, 5) is 0. The first-order valence-corrected chi connectivity index (χ1v) is 7.21. The van der Waals surface area contributed by atoms with Crippen LogP contribution in [0.15, 0.2) is 23.8 Å². The average molecular weight is 320 g/mol. The minimum absolute atomic E-state index is 0.255. The summed E-state index contributed by atoms with van der Waals surface area (Å²) in [5, 5.41) is 10.2. The Morgan fingerprint density at radius 1 is 1.13 bits per heavy atom. The number of rotatable bonds is 7. The van der Waals surface area contributed by atoms with Crippen LogP contribution in [0.2, 0.25) is 0 Å². The van der Waals surface area contributed by atoms with E-state index in [0.29, 0.717) is 29.4 Å². The van der Waals surface area contributed by atoms with E-state index in [1.807, 2.05) is 19.9 Å². The van der Waals surface area contributed by atoms with Crippen molar-refractivity contribution in [2.75, 3.05) is 34.5 Å². The molecule has 1 aromatic rings. The zero-order chi connectivity index (χ0) is 17.2. The highest BCUT2D eigenvalue weighted by Crippen LogP contribution is 2.39.